The van der Waals surface area contributed by atoms with E-state index in [1.807, 2.05) is 6.92 Å². The Bertz CT molecular complexity index is 723. The highest BCUT2D eigenvalue weighted by Crippen LogP contribution is 2.68. The molecule has 4 aliphatic carbocycles. The molecule has 4 unspecified atom stereocenters. The third kappa shape index (κ3) is 2.79. The molecule has 160 valence electrons. The first-order chi connectivity index (χ1) is 13.8. The fraction of sp³-hybridized carbons (Fsp3) is 0.714. The molecule has 0 aromatic heterocycles. The average molecular weight is 408 g/mol. The maximum atomic E-state index is 13.0. The largest absolute Gasteiger partial charge is 0.469 e. The van der Waals surface area contributed by atoms with E-state index in [0.717, 1.165) is 24.0 Å². The standard InChI is InChI=1S/C21H28O8/c1-10-11-8-6-7-9-21(11)15(19(24)28-4)13(17(22)26-2)12(10)14(18(23)27-3)16(21)20(25)29-5/h12-16H,6-9H2,1-5H3. The van der Waals surface area contributed by atoms with Crippen LogP contribution in [0.15, 0.2) is 11.1 Å². The summed E-state index contributed by atoms with van der Waals surface area (Å²) in [5, 5.41) is 0. The molecule has 8 heteroatoms. The number of rotatable bonds is 4. The maximum absolute atomic E-state index is 13.0. The van der Waals surface area contributed by atoms with Crippen LogP contribution in [-0.4, -0.2) is 52.3 Å². The quantitative estimate of drug-likeness (QED) is 0.393. The molecule has 4 rings (SSSR count). The summed E-state index contributed by atoms with van der Waals surface area (Å²) in [7, 11) is 5.03. The number of fused-ring (bicyclic) bond motifs is 2. The second-order valence-corrected chi connectivity index (χ2v) is 8.03. The van der Waals surface area contributed by atoms with E-state index < -0.39 is 58.9 Å². The van der Waals surface area contributed by atoms with E-state index in [-0.39, 0.29) is 0 Å². The normalized spacial score (nSPS) is 35.4. The van der Waals surface area contributed by atoms with Crippen LogP contribution in [0.2, 0.25) is 0 Å². The van der Waals surface area contributed by atoms with Crippen molar-refractivity contribution in [3.8, 4) is 0 Å². The van der Waals surface area contributed by atoms with Crippen LogP contribution in [0.3, 0.4) is 0 Å². The van der Waals surface area contributed by atoms with E-state index in [1.54, 1.807) is 0 Å². The van der Waals surface area contributed by atoms with E-state index in [2.05, 4.69) is 0 Å². The number of methoxy groups -OCH3 is 4. The Hall–Kier alpha value is -2.38. The van der Waals surface area contributed by atoms with Crippen LogP contribution in [0.1, 0.15) is 32.6 Å². The molecule has 0 aromatic carbocycles. The van der Waals surface area contributed by atoms with Crippen LogP contribution in [0.5, 0.6) is 0 Å². The molecule has 29 heavy (non-hydrogen) atoms. The minimum atomic E-state index is -1.03. The summed E-state index contributed by atoms with van der Waals surface area (Å²) in [5.41, 5.74) is 0.810. The van der Waals surface area contributed by atoms with Crippen LogP contribution >= 0.6 is 0 Å². The van der Waals surface area contributed by atoms with Gasteiger partial charge in [-0.25, -0.2) is 0 Å². The number of carbonyl (C=O) groups is 4. The molecule has 0 amide bonds. The van der Waals surface area contributed by atoms with Crippen LogP contribution in [-0.2, 0) is 38.1 Å². The molecule has 0 aliphatic heterocycles. The fourth-order valence-corrected chi connectivity index (χ4v) is 6.37. The average Bonchev–Trinajstić information content (AvgIpc) is 2.75. The fourth-order valence-electron chi connectivity index (χ4n) is 6.37. The van der Waals surface area contributed by atoms with E-state index in [0.29, 0.717) is 12.8 Å². The predicted molar refractivity (Wildman–Crippen MR) is 99.1 cm³/mol. The molecule has 0 aromatic rings. The van der Waals surface area contributed by atoms with Crippen LogP contribution in [0, 0.1) is 35.0 Å². The number of carbonyl (C=O) groups excluding carboxylic acids is 4. The van der Waals surface area contributed by atoms with Crippen molar-refractivity contribution in [2.75, 3.05) is 28.4 Å². The lowest BCUT2D eigenvalue weighted by molar-refractivity contribution is -0.198. The second kappa shape index (κ2) is 7.80. The van der Waals surface area contributed by atoms with Gasteiger partial charge in [0, 0.05) is 11.3 Å². The molecule has 2 bridgehead atoms. The van der Waals surface area contributed by atoms with Gasteiger partial charge in [0.05, 0.1) is 52.1 Å². The Morgan fingerprint density at radius 1 is 0.759 bits per heavy atom. The smallest absolute Gasteiger partial charge is 0.310 e. The lowest BCUT2D eigenvalue weighted by Gasteiger charge is -2.62. The summed E-state index contributed by atoms with van der Waals surface area (Å²) in [4.78, 5) is 51.8. The first-order valence-electron chi connectivity index (χ1n) is 9.83. The lowest BCUT2D eigenvalue weighted by atomic mass is 9.39. The van der Waals surface area contributed by atoms with Crippen molar-refractivity contribution in [1.82, 2.24) is 0 Å². The van der Waals surface area contributed by atoms with Crippen LogP contribution < -0.4 is 0 Å². The van der Waals surface area contributed by atoms with Gasteiger partial charge in [-0.2, -0.15) is 0 Å². The topological polar surface area (TPSA) is 105 Å². The van der Waals surface area contributed by atoms with Crippen LogP contribution in [0.4, 0.5) is 0 Å². The molecule has 4 atom stereocenters. The van der Waals surface area contributed by atoms with Gasteiger partial charge in [0.15, 0.2) is 0 Å². The van der Waals surface area contributed by atoms with Gasteiger partial charge in [-0.3, -0.25) is 19.2 Å². The predicted octanol–water partition coefficient (Wildman–Crippen LogP) is 1.66. The Labute approximate surface area is 169 Å². The molecule has 0 saturated heterocycles. The second-order valence-electron chi connectivity index (χ2n) is 8.03. The van der Waals surface area contributed by atoms with E-state index in [9.17, 15) is 19.2 Å². The van der Waals surface area contributed by atoms with E-state index in [4.69, 9.17) is 18.9 Å². The summed E-state index contributed by atoms with van der Waals surface area (Å²) in [6.45, 7) is 1.88. The van der Waals surface area contributed by atoms with Gasteiger partial charge in [-0.1, -0.05) is 17.6 Å². The summed E-state index contributed by atoms with van der Waals surface area (Å²) in [6.07, 6.45) is 2.84. The zero-order valence-corrected chi connectivity index (χ0v) is 17.5. The number of allylic oxidation sites excluding steroid dienone is 2. The van der Waals surface area contributed by atoms with Gasteiger partial charge in [0.2, 0.25) is 0 Å². The summed E-state index contributed by atoms with van der Waals surface area (Å²) < 4.78 is 20.3. The molecule has 1 spiro atoms. The van der Waals surface area contributed by atoms with Gasteiger partial charge >= 0.3 is 23.9 Å². The molecule has 2 saturated carbocycles. The Balaban J connectivity index is 2.37. The van der Waals surface area contributed by atoms with Crippen molar-refractivity contribution in [2.24, 2.45) is 35.0 Å². The molecule has 2 fully saturated rings. The lowest BCUT2D eigenvalue weighted by Crippen LogP contribution is -2.67. The van der Waals surface area contributed by atoms with Crippen molar-refractivity contribution < 1.29 is 38.1 Å². The molecule has 0 radical (unpaired) electrons. The molecule has 0 N–H and O–H groups in total. The van der Waals surface area contributed by atoms with Gasteiger partial charge < -0.3 is 18.9 Å². The molecular weight excluding hydrogens is 380 g/mol. The maximum Gasteiger partial charge on any atom is 0.310 e. The number of ether oxygens (including phenoxy) is 4. The molecule has 0 heterocycles. The van der Waals surface area contributed by atoms with E-state index in [1.165, 1.54) is 28.4 Å². The number of esters is 4. The SMILES string of the molecule is COC(=O)C1C2C(C)=C3CCCCC3(C1C(=O)OC)C(C(=O)OC)C2C(=O)OC. The minimum absolute atomic E-state index is 0.479. The number of hydrogen-bond acceptors (Lipinski definition) is 8. The van der Waals surface area contributed by atoms with E-state index >= 15 is 0 Å². The Kier molecular flexibility index (Phi) is 5.74. The van der Waals surface area contributed by atoms with Crippen LogP contribution in [0.25, 0.3) is 0 Å². The highest BCUT2D eigenvalue weighted by Gasteiger charge is 2.72. The third-order valence-corrected chi connectivity index (χ3v) is 7.26. The van der Waals surface area contributed by atoms with Crippen molar-refractivity contribution in [3.05, 3.63) is 11.1 Å². The molecule has 4 aliphatic rings. The van der Waals surface area contributed by atoms with Gasteiger partial charge in [0.1, 0.15) is 0 Å². The number of hydrogen-bond donors (Lipinski definition) is 0. The van der Waals surface area contributed by atoms with Crippen molar-refractivity contribution in [2.45, 2.75) is 32.6 Å². The summed E-state index contributed by atoms with van der Waals surface area (Å²) >= 11 is 0. The van der Waals surface area contributed by atoms with Crippen molar-refractivity contribution in [1.29, 1.82) is 0 Å². The summed E-state index contributed by atoms with van der Waals surface area (Å²) in [5.74, 6) is -6.74. The van der Waals surface area contributed by atoms with Gasteiger partial charge in [-0.05, 0) is 26.2 Å². The Morgan fingerprint density at radius 2 is 1.21 bits per heavy atom. The zero-order valence-electron chi connectivity index (χ0n) is 17.5. The summed E-state index contributed by atoms with van der Waals surface area (Å²) in [6, 6.07) is 0. The Morgan fingerprint density at radius 3 is 1.62 bits per heavy atom. The molecular formula is C21H28O8. The zero-order chi connectivity index (χ0) is 21.5. The third-order valence-electron chi connectivity index (χ3n) is 7.26. The van der Waals surface area contributed by atoms with Crippen molar-refractivity contribution >= 4 is 23.9 Å². The first-order valence-corrected chi connectivity index (χ1v) is 9.83. The highest BCUT2D eigenvalue weighted by molar-refractivity contribution is 5.92. The highest BCUT2D eigenvalue weighted by atomic mass is 16.5. The molecule has 8 nitrogen and oxygen atoms in total. The van der Waals surface area contributed by atoms with Gasteiger partial charge in [0.25, 0.3) is 0 Å². The minimum Gasteiger partial charge on any atom is -0.469 e. The monoisotopic (exact) mass is 408 g/mol. The van der Waals surface area contributed by atoms with Gasteiger partial charge in [-0.15, -0.1) is 0 Å². The van der Waals surface area contributed by atoms with Crippen molar-refractivity contribution in [3.63, 3.8) is 0 Å². The first kappa shape index (κ1) is 21.3.